The molecular weight excluding hydrogens is 388 g/mol. The smallest absolute Gasteiger partial charge is 0.349 e. The van der Waals surface area contributed by atoms with Gasteiger partial charge in [0.15, 0.2) is 6.61 Å². The highest BCUT2D eigenvalue weighted by Gasteiger charge is 2.09. The summed E-state index contributed by atoms with van der Waals surface area (Å²) in [5.41, 5.74) is 1.09. The molecule has 0 heterocycles. The lowest BCUT2D eigenvalue weighted by Gasteiger charge is -2.08. The third-order valence-corrected chi connectivity index (χ3v) is 3.58. The molecule has 2 rings (SSSR count). The van der Waals surface area contributed by atoms with Crippen molar-refractivity contribution in [3.05, 3.63) is 57.0 Å². The number of ether oxygens (including phenoxy) is 2. The molecule has 20 heavy (non-hydrogen) atoms. The van der Waals surface area contributed by atoms with Crippen LogP contribution in [-0.2, 0) is 4.79 Å². The Kier molecular flexibility index (Phi) is 5.20. The Morgan fingerprint density at radius 2 is 1.95 bits per heavy atom. The maximum absolute atomic E-state index is 11.7. The number of esters is 1. The molecule has 0 aliphatic heterocycles. The Balaban J connectivity index is 1.92. The van der Waals surface area contributed by atoms with Crippen LogP contribution in [0.25, 0.3) is 0 Å². The zero-order valence-electron chi connectivity index (χ0n) is 10.7. The number of halogens is 2. The van der Waals surface area contributed by atoms with Crippen LogP contribution in [0, 0.1) is 6.92 Å². The van der Waals surface area contributed by atoms with Gasteiger partial charge in [-0.25, -0.2) is 4.79 Å². The van der Waals surface area contributed by atoms with Crippen LogP contribution >= 0.6 is 31.9 Å². The molecule has 0 bridgehead atoms. The Morgan fingerprint density at radius 3 is 2.65 bits per heavy atom. The molecule has 0 radical (unpaired) electrons. The first kappa shape index (κ1) is 15.1. The van der Waals surface area contributed by atoms with Gasteiger partial charge in [0.1, 0.15) is 11.5 Å². The standard InChI is InChI=1S/C15H12Br2O3/c1-10-5-6-14(13(17)7-10)20-15(18)9-19-12-4-2-3-11(16)8-12/h2-8H,9H2,1H3. The fraction of sp³-hybridized carbons (Fsp3) is 0.133. The van der Waals surface area contributed by atoms with E-state index >= 15 is 0 Å². The van der Waals surface area contributed by atoms with E-state index in [1.807, 2.05) is 31.2 Å². The molecule has 0 saturated carbocycles. The molecule has 5 heteroatoms. The molecule has 0 N–H and O–H groups in total. The van der Waals surface area contributed by atoms with Crippen molar-refractivity contribution in [1.29, 1.82) is 0 Å². The largest absolute Gasteiger partial charge is 0.482 e. The predicted octanol–water partition coefficient (Wildman–Crippen LogP) is 4.50. The monoisotopic (exact) mass is 398 g/mol. The first-order valence-corrected chi connectivity index (χ1v) is 7.48. The number of rotatable bonds is 4. The summed E-state index contributed by atoms with van der Waals surface area (Å²) < 4.78 is 12.2. The molecule has 0 amide bonds. The highest BCUT2D eigenvalue weighted by Crippen LogP contribution is 2.26. The van der Waals surface area contributed by atoms with Crippen LogP contribution < -0.4 is 9.47 Å². The minimum Gasteiger partial charge on any atom is -0.482 e. The summed E-state index contributed by atoms with van der Waals surface area (Å²) in [4.78, 5) is 11.7. The second-order valence-corrected chi connectivity index (χ2v) is 5.92. The summed E-state index contributed by atoms with van der Waals surface area (Å²) in [6, 6.07) is 12.8. The topological polar surface area (TPSA) is 35.5 Å². The fourth-order valence-electron chi connectivity index (χ4n) is 1.54. The number of hydrogen-bond donors (Lipinski definition) is 0. The van der Waals surface area contributed by atoms with E-state index in [-0.39, 0.29) is 6.61 Å². The van der Waals surface area contributed by atoms with E-state index in [1.54, 1.807) is 18.2 Å². The summed E-state index contributed by atoms with van der Waals surface area (Å²) in [7, 11) is 0. The first-order chi connectivity index (χ1) is 9.54. The van der Waals surface area contributed by atoms with Gasteiger partial charge < -0.3 is 9.47 Å². The lowest BCUT2D eigenvalue weighted by molar-refractivity contribution is -0.136. The van der Waals surface area contributed by atoms with Crippen molar-refractivity contribution < 1.29 is 14.3 Å². The molecule has 0 spiro atoms. The van der Waals surface area contributed by atoms with Gasteiger partial charge in [0.25, 0.3) is 0 Å². The number of carbonyl (C=O) groups excluding carboxylic acids is 1. The van der Waals surface area contributed by atoms with E-state index in [0.717, 1.165) is 14.5 Å². The van der Waals surface area contributed by atoms with E-state index < -0.39 is 5.97 Å². The van der Waals surface area contributed by atoms with Gasteiger partial charge in [-0.15, -0.1) is 0 Å². The van der Waals surface area contributed by atoms with Gasteiger partial charge >= 0.3 is 5.97 Å². The van der Waals surface area contributed by atoms with Crippen molar-refractivity contribution in [2.24, 2.45) is 0 Å². The zero-order chi connectivity index (χ0) is 14.5. The van der Waals surface area contributed by atoms with Crippen molar-refractivity contribution in [2.45, 2.75) is 6.92 Å². The van der Waals surface area contributed by atoms with E-state index in [4.69, 9.17) is 9.47 Å². The van der Waals surface area contributed by atoms with Crippen LogP contribution in [0.3, 0.4) is 0 Å². The number of carbonyl (C=O) groups is 1. The van der Waals surface area contributed by atoms with Crippen LogP contribution in [0.4, 0.5) is 0 Å². The van der Waals surface area contributed by atoms with Gasteiger partial charge in [-0.05, 0) is 58.7 Å². The third-order valence-electron chi connectivity index (χ3n) is 2.46. The van der Waals surface area contributed by atoms with Gasteiger partial charge in [-0.1, -0.05) is 28.1 Å². The minimum absolute atomic E-state index is 0.142. The summed E-state index contributed by atoms with van der Waals surface area (Å²) in [5, 5.41) is 0. The van der Waals surface area contributed by atoms with Crippen LogP contribution in [-0.4, -0.2) is 12.6 Å². The molecule has 0 atom stereocenters. The first-order valence-electron chi connectivity index (χ1n) is 5.90. The van der Waals surface area contributed by atoms with Gasteiger partial charge in [-0.3, -0.25) is 0 Å². The highest BCUT2D eigenvalue weighted by atomic mass is 79.9. The SMILES string of the molecule is Cc1ccc(OC(=O)COc2cccc(Br)c2)c(Br)c1. The highest BCUT2D eigenvalue weighted by molar-refractivity contribution is 9.10. The van der Waals surface area contributed by atoms with Crippen LogP contribution in [0.2, 0.25) is 0 Å². The summed E-state index contributed by atoms with van der Waals surface area (Å²) in [6.45, 7) is 1.82. The van der Waals surface area contributed by atoms with Crippen LogP contribution in [0.1, 0.15) is 5.56 Å². The van der Waals surface area contributed by atoms with Gasteiger partial charge in [-0.2, -0.15) is 0 Å². The van der Waals surface area contributed by atoms with E-state index in [1.165, 1.54) is 0 Å². The normalized spacial score (nSPS) is 10.2. The maximum atomic E-state index is 11.7. The molecule has 0 unspecified atom stereocenters. The molecule has 0 aliphatic carbocycles. The summed E-state index contributed by atoms with van der Waals surface area (Å²) in [5.74, 6) is 0.646. The van der Waals surface area contributed by atoms with Crippen molar-refractivity contribution in [3.8, 4) is 11.5 Å². The molecule has 104 valence electrons. The van der Waals surface area contributed by atoms with Gasteiger partial charge in [0, 0.05) is 4.47 Å². The predicted molar refractivity (Wildman–Crippen MR) is 84.2 cm³/mol. The summed E-state index contributed by atoms with van der Waals surface area (Å²) in [6.07, 6.45) is 0. The Hall–Kier alpha value is -1.33. The molecule has 0 aromatic heterocycles. The van der Waals surface area contributed by atoms with E-state index in [9.17, 15) is 4.79 Å². The lowest BCUT2D eigenvalue weighted by atomic mass is 10.2. The maximum Gasteiger partial charge on any atom is 0.349 e. The van der Waals surface area contributed by atoms with Crippen molar-refractivity contribution >= 4 is 37.8 Å². The van der Waals surface area contributed by atoms with Crippen LogP contribution in [0.15, 0.2) is 51.4 Å². The zero-order valence-corrected chi connectivity index (χ0v) is 13.9. The Morgan fingerprint density at radius 1 is 1.15 bits per heavy atom. The van der Waals surface area contributed by atoms with Crippen molar-refractivity contribution in [1.82, 2.24) is 0 Å². The molecule has 2 aromatic carbocycles. The average molecular weight is 400 g/mol. The lowest BCUT2D eigenvalue weighted by Crippen LogP contribution is -2.17. The third kappa shape index (κ3) is 4.35. The molecule has 3 nitrogen and oxygen atoms in total. The van der Waals surface area contributed by atoms with E-state index in [0.29, 0.717) is 11.5 Å². The van der Waals surface area contributed by atoms with Crippen molar-refractivity contribution in [2.75, 3.05) is 6.61 Å². The van der Waals surface area contributed by atoms with Gasteiger partial charge in [0.05, 0.1) is 4.47 Å². The number of benzene rings is 2. The minimum atomic E-state index is -0.450. The average Bonchev–Trinajstić information content (AvgIpc) is 2.40. The quantitative estimate of drug-likeness (QED) is 0.560. The number of hydrogen-bond acceptors (Lipinski definition) is 3. The van der Waals surface area contributed by atoms with E-state index in [2.05, 4.69) is 31.9 Å². The molecule has 0 aliphatic rings. The Labute approximate surface area is 134 Å². The van der Waals surface area contributed by atoms with Gasteiger partial charge in [0.2, 0.25) is 0 Å². The summed E-state index contributed by atoms with van der Waals surface area (Å²) >= 11 is 6.69. The molecule has 0 saturated heterocycles. The Bertz CT molecular complexity index is 626. The molecule has 2 aromatic rings. The van der Waals surface area contributed by atoms with Crippen molar-refractivity contribution in [3.63, 3.8) is 0 Å². The molecular formula is C15H12Br2O3. The fourth-order valence-corrected chi connectivity index (χ4v) is 2.49. The second-order valence-electron chi connectivity index (χ2n) is 4.15. The molecule has 0 fully saturated rings. The van der Waals surface area contributed by atoms with Crippen LogP contribution in [0.5, 0.6) is 11.5 Å². The second kappa shape index (κ2) is 6.90. The number of aryl methyl sites for hydroxylation is 1.